The number of nitrogens with zero attached hydrogens (tertiary/aromatic N) is 1. The summed E-state index contributed by atoms with van der Waals surface area (Å²) >= 11 is 3.93. The summed E-state index contributed by atoms with van der Waals surface area (Å²) in [6.45, 7) is 26.6. The third kappa shape index (κ3) is 6.65. The normalized spacial score (nSPS) is 17.2. The van der Waals surface area contributed by atoms with Gasteiger partial charge in [0.15, 0.2) is 0 Å². The first-order valence-electron chi connectivity index (χ1n) is 27.8. The van der Waals surface area contributed by atoms with E-state index in [1.54, 1.807) is 0 Å². The molecule has 0 amide bonds. The van der Waals surface area contributed by atoms with Crippen molar-refractivity contribution < 1.29 is 4.42 Å². The number of thiophene rings is 2. The molecule has 0 bridgehead atoms. The number of furan rings is 1. The van der Waals surface area contributed by atoms with E-state index in [0.29, 0.717) is 7.28 Å². The van der Waals surface area contributed by atoms with Gasteiger partial charge in [-0.1, -0.05) is 143 Å². The Hall–Kier alpha value is -6.60. The van der Waals surface area contributed by atoms with E-state index in [0.717, 1.165) is 40.8 Å². The zero-order valence-corrected chi connectivity index (χ0v) is 47.5. The van der Waals surface area contributed by atoms with E-state index in [4.69, 9.17) is 4.42 Å². The van der Waals surface area contributed by atoms with Crippen LogP contribution in [0.1, 0.15) is 130 Å². The number of benzene rings is 8. The number of anilines is 2. The minimum atomic E-state index is 0.0295. The second-order valence-electron chi connectivity index (χ2n) is 26.6. The maximum absolute atomic E-state index is 7.28. The second-order valence-corrected chi connectivity index (χ2v) is 28.8. The van der Waals surface area contributed by atoms with Gasteiger partial charge in [0.25, 0.3) is 0 Å². The first-order chi connectivity index (χ1) is 36.2. The lowest BCUT2D eigenvalue weighted by molar-refractivity contribution is 0.332. The SMILES string of the molecule is CC(C)(C)c1ccc(Nc2cc3sc4cc5c(cc4c3cc2-c2c3c4c(c6cc7c(cc6n4-c4c(oc6ccc(-c8ccccc8)cc46)B3)C(C)(C)CCC7(C)C)c3sc4ccccc4c23)C(C)(C)CCC5(C)C)cc1. The van der Waals surface area contributed by atoms with Gasteiger partial charge in [0.2, 0.25) is 7.28 Å². The lowest BCUT2D eigenvalue weighted by Crippen LogP contribution is -2.36. The Morgan fingerprint density at radius 2 is 1.16 bits per heavy atom. The largest absolute Gasteiger partial charge is 0.469 e. The third-order valence-electron chi connectivity index (χ3n) is 18.9. The molecule has 3 nitrogen and oxygen atoms in total. The molecule has 2 aliphatic carbocycles. The van der Waals surface area contributed by atoms with Gasteiger partial charge in [-0.15, -0.1) is 22.7 Å². The molecule has 0 atom stereocenters. The molecule has 0 unspecified atom stereocenters. The fourth-order valence-corrected chi connectivity index (χ4v) is 16.6. The van der Waals surface area contributed by atoms with Gasteiger partial charge in [-0.2, -0.15) is 0 Å². The molecule has 76 heavy (non-hydrogen) atoms. The molecule has 1 aliphatic heterocycles. The summed E-state index contributed by atoms with van der Waals surface area (Å²) in [6, 6.07) is 51.6. The van der Waals surface area contributed by atoms with Crippen molar-refractivity contribution in [1.29, 1.82) is 0 Å². The fraction of sp³-hybridized carbons (Fsp3) is 0.286. The number of hydrogen-bond donors (Lipinski definition) is 1. The van der Waals surface area contributed by atoms with Crippen LogP contribution in [0.4, 0.5) is 11.4 Å². The fourth-order valence-electron chi connectivity index (χ4n) is 14.2. The number of fused-ring (bicyclic) bond motifs is 16. The van der Waals surface area contributed by atoms with Gasteiger partial charge in [-0.25, -0.2) is 0 Å². The molecule has 4 aromatic heterocycles. The monoisotopic (exact) mass is 1020 g/mol. The predicted octanol–water partition coefficient (Wildman–Crippen LogP) is 19.0. The zero-order valence-electron chi connectivity index (χ0n) is 45.9. The Morgan fingerprint density at radius 3 is 1.86 bits per heavy atom. The van der Waals surface area contributed by atoms with E-state index in [1.807, 2.05) is 22.7 Å². The van der Waals surface area contributed by atoms with E-state index < -0.39 is 0 Å². The summed E-state index contributed by atoms with van der Waals surface area (Å²) in [7, 11) is 0.669. The molecule has 0 fully saturated rings. The van der Waals surface area contributed by atoms with Crippen molar-refractivity contribution in [3.05, 3.63) is 161 Å². The van der Waals surface area contributed by atoms with Crippen molar-refractivity contribution in [1.82, 2.24) is 4.57 Å². The van der Waals surface area contributed by atoms with Gasteiger partial charge in [0.05, 0.1) is 22.4 Å². The van der Waals surface area contributed by atoms with Crippen molar-refractivity contribution in [2.24, 2.45) is 0 Å². The first-order valence-corrected chi connectivity index (χ1v) is 29.4. The number of rotatable bonds is 4. The maximum Gasteiger partial charge on any atom is 0.244 e. The Kier molecular flexibility index (Phi) is 9.55. The number of aromatic nitrogens is 1. The van der Waals surface area contributed by atoms with Gasteiger partial charge in [-0.3, -0.25) is 0 Å². The predicted molar refractivity (Wildman–Crippen MR) is 333 cm³/mol. The molecule has 1 N–H and O–H groups in total. The highest BCUT2D eigenvalue weighted by atomic mass is 32.1. The van der Waals surface area contributed by atoms with Crippen molar-refractivity contribution in [2.75, 3.05) is 5.32 Å². The molecule has 6 heteroatoms. The molecule has 5 heterocycles. The van der Waals surface area contributed by atoms with Gasteiger partial charge in [0.1, 0.15) is 5.58 Å². The van der Waals surface area contributed by atoms with Gasteiger partial charge in [-0.05, 0) is 169 Å². The summed E-state index contributed by atoms with van der Waals surface area (Å²) in [6.07, 6.45) is 4.70. The molecular formula is C70H65BN2OS2. The van der Waals surface area contributed by atoms with Crippen LogP contribution in [0.3, 0.4) is 0 Å². The molecule has 3 aliphatic rings. The minimum absolute atomic E-state index is 0.0295. The summed E-state index contributed by atoms with van der Waals surface area (Å²) in [5.41, 5.74) is 21.9. The standard InChI is InChI=1S/C70H65BN2OS2/c1-66(2,3)40-22-24-41(25-23-40)72-52-37-57-43(44-33-48-51(36-56(44)75-57)70(10,11)30-28-67(48,4)5)32-45(52)58-59-42-19-15-16-20-55(42)76-64(59)60-46-34-49-50(69(8,9)29-27-68(49,6)7)35-53(46)73-62-47-31-39(38-17-13-12-14-18-38)21-26-54(47)74-65(62)71-61(58)63(60)73/h12-26,31-37,71-72H,27-30H2,1-11H3. The average molecular weight is 1030 g/mol. The van der Waals surface area contributed by atoms with E-state index in [-0.39, 0.29) is 27.1 Å². The van der Waals surface area contributed by atoms with E-state index in [2.05, 4.69) is 220 Å². The van der Waals surface area contributed by atoms with E-state index >= 15 is 0 Å². The van der Waals surface area contributed by atoms with Crippen molar-refractivity contribution in [3.8, 4) is 27.9 Å². The quantitative estimate of drug-likeness (QED) is 0.178. The lowest BCUT2D eigenvalue weighted by Gasteiger charge is -2.42. The van der Waals surface area contributed by atoms with Crippen LogP contribution in [0, 0.1) is 0 Å². The van der Waals surface area contributed by atoms with E-state index in [1.165, 1.54) is 136 Å². The molecule has 12 aromatic rings. The highest BCUT2D eigenvalue weighted by molar-refractivity contribution is 7.27. The number of hydrogen-bond acceptors (Lipinski definition) is 4. The van der Waals surface area contributed by atoms with Crippen LogP contribution in [-0.4, -0.2) is 11.8 Å². The maximum atomic E-state index is 7.28. The molecule has 15 rings (SSSR count). The minimum Gasteiger partial charge on any atom is -0.469 e. The van der Waals surface area contributed by atoms with Crippen LogP contribution in [0.5, 0.6) is 0 Å². The Balaban J connectivity index is 1.11. The summed E-state index contributed by atoms with van der Waals surface area (Å²) in [4.78, 5) is 0. The average Bonchev–Trinajstić information content (AvgIpc) is 4.34. The topological polar surface area (TPSA) is 30.1 Å². The van der Waals surface area contributed by atoms with Crippen LogP contribution in [0.25, 0.3) is 101 Å². The van der Waals surface area contributed by atoms with Crippen molar-refractivity contribution in [3.63, 3.8) is 0 Å². The highest BCUT2D eigenvalue weighted by Crippen LogP contribution is 2.55. The van der Waals surface area contributed by atoms with Crippen LogP contribution in [0.2, 0.25) is 0 Å². The van der Waals surface area contributed by atoms with Crippen molar-refractivity contribution in [2.45, 2.75) is 129 Å². The Labute approximate surface area is 455 Å². The molecule has 0 saturated heterocycles. The second kappa shape index (κ2) is 15.5. The molecule has 376 valence electrons. The molecule has 0 saturated carbocycles. The van der Waals surface area contributed by atoms with Crippen LogP contribution >= 0.6 is 22.7 Å². The molecular weight excluding hydrogens is 960 g/mol. The van der Waals surface area contributed by atoms with E-state index in [9.17, 15) is 0 Å². The summed E-state index contributed by atoms with van der Waals surface area (Å²) in [5, 5.41) is 13.4. The third-order valence-corrected chi connectivity index (χ3v) is 21.2. The van der Waals surface area contributed by atoms with Gasteiger partial charge in [0, 0.05) is 73.4 Å². The zero-order chi connectivity index (χ0) is 52.2. The van der Waals surface area contributed by atoms with Gasteiger partial charge < -0.3 is 14.3 Å². The van der Waals surface area contributed by atoms with Crippen LogP contribution < -0.4 is 16.4 Å². The lowest BCUT2D eigenvalue weighted by atomic mass is 9.61. The molecule has 0 spiro atoms. The van der Waals surface area contributed by atoms with Crippen molar-refractivity contribution >= 4 is 126 Å². The van der Waals surface area contributed by atoms with Crippen LogP contribution in [-0.2, 0) is 27.1 Å². The summed E-state index contributed by atoms with van der Waals surface area (Å²) < 4.78 is 15.3. The smallest absolute Gasteiger partial charge is 0.244 e. The summed E-state index contributed by atoms with van der Waals surface area (Å²) in [5.74, 6) is 0. The Bertz CT molecular complexity index is 4490. The Morgan fingerprint density at radius 1 is 0.539 bits per heavy atom. The van der Waals surface area contributed by atoms with Gasteiger partial charge >= 0.3 is 0 Å². The highest BCUT2D eigenvalue weighted by Gasteiger charge is 2.41. The first kappa shape index (κ1) is 46.7. The number of nitrogens with one attached hydrogen (secondary N) is 1. The molecule has 0 radical (unpaired) electrons. The molecule has 8 aromatic carbocycles. The van der Waals surface area contributed by atoms with Crippen LogP contribution in [0.15, 0.2) is 138 Å².